The topological polar surface area (TPSA) is 72.2 Å². The Morgan fingerprint density at radius 2 is 1.55 bits per heavy atom. The molecule has 1 heterocycles. The van der Waals surface area contributed by atoms with Gasteiger partial charge in [0.25, 0.3) is 5.56 Å². The number of hydrogen-bond donors (Lipinski definition) is 1. The summed E-state index contributed by atoms with van der Waals surface area (Å²) in [4.78, 5) is 13.4. The number of rotatable bonds is 5. The summed E-state index contributed by atoms with van der Waals surface area (Å²) in [6.07, 6.45) is 1.58. The lowest BCUT2D eigenvalue weighted by molar-refractivity contribution is 0.563. The van der Waals surface area contributed by atoms with E-state index in [1.807, 2.05) is 0 Å². The van der Waals surface area contributed by atoms with Gasteiger partial charge in [-0.3, -0.25) is 4.79 Å². The second-order valence-electron chi connectivity index (χ2n) is 6.80. The van der Waals surface area contributed by atoms with Crippen molar-refractivity contribution in [3.8, 4) is 27.9 Å². The van der Waals surface area contributed by atoms with E-state index in [0.717, 1.165) is 5.56 Å². The third kappa shape index (κ3) is 4.64. The standard InChI is InChI=1S/C23H16ClFN2O3S/c24-18-7-5-17(6-8-18)22-21(16-3-1-15(2-4-16)14-31(29)30)13-26-27(23(22)28)20-11-9-19(25)10-12-20/h1-13H,14H2,(H,29,30). The van der Waals surface area contributed by atoms with Crippen molar-refractivity contribution < 1.29 is 13.2 Å². The molecule has 4 rings (SSSR count). The van der Waals surface area contributed by atoms with Crippen LogP contribution >= 0.6 is 11.6 Å². The predicted octanol–water partition coefficient (Wildman–Crippen LogP) is 5.08. The second-order valence-corrected chi connectivity index (χ2v) is 8.16. The van der Waals surface area contributed by atoms with E-state index in [0.29, 0.717) is 33.0 Å². The van der Waals surface area contributed by atoms with Crippen molar-refractivity contribution in [3.63, 3.8) is 0 Å². The Morgan fingerprint density at radius 3 is 2.16 bits per heavy atom. The van der Waals surface area contributed by atoms with Crippen LogP contribution in [0.1, 0.15) is 5.56 Å². The largest absolute Gasteiger partial charge is 0.306 e. The molecule has 0 fully saturated rings. The first-order valence-electron chi connectivity index (χ1n) is 9.23. The highest BCUT2D eigenvalue weighted by atomic mass is 35.5. The molecule has 1 aromatic heterocycles. The van der Waals surface area contributed by atoms with Crippen molar-refractivity contribution in [2.75, 3.05) is 0 Å². The average molecular weight is 455 g/mol. The van der Waals surface area contributed by atoms with E-state index in [9.17, 15) is 13.4 Å². The highest BCUT2D eigenvalue weighted by molar-refractivity contribution is 7.78. The summed E-state index contributed by atoms with van der Waals surface area (Å²) < 4.78 is 34.7. The summed E-state index contributed by atoms with van der Waals surface area (Å²) >= 11 is 4.08. The molecule has 1 atom stereocenters. The lowest BCUT2D eigenvalue weighted by Gasteiger charge is -2.13. The lowest BCUT2D eigenvalue weighted by Crippen LogP contribution is -2.23. The third-order valence-corrected chi connectivity index (χ3v) is 5.57. The van der Waals surface area contributed by atoms with Crippen molar-refractivity contribution in [2.24, 2.45) is 0 Å². The Bertz CT molecular complexity index is 1300. The Labute approximate surface area is 185 Å². The van der Waals surface area contributed by atoms with Crippen molar-refractivity contribution in [2.45, 2.75) is 5.75 Å². The predicted molar refractivity (Wildman–Crippen MR) is 120 cm³/mol. The summed E-state index contributed by atoms with van der Waals surface area (Å²) in [6, 6.07) is 19.4. The minimum atomic E-state index is -1.94. The Morgan fingerprint density at radius 1 is 0.935 bits per heavy atom. The van der Waals surface area contributed by atoms with E-state index in [2.05, 4.69) is 5.10 Å². The maximum atomic E-state index is 13.4. The highest BCUT2D eigenvalue weighted by Crippen LogP contribution is 2.30. The zero-order valence-corrected chi connectivity index (χ0v) is 17.6. The van der Waals surface area contributed by atoms with Crippen LogP contribution in [-0.2, 0) is 16.8 Å². The Hall–Kier alpha value is -3.13. The summed E-state index contributed by atoms with van der Waals surface area (Å²) in [6.45, 7) is 0. The van der Waals surface area contributed by atoms with E-state index in [-0.39, 0.29) is 11.3 Å². The average Bonchev–Trinajstić information content (AvgIpc) is 2.75. The number of aromatic nitrogens is 2. The molecule has 0 aliphatic carbocycles. The van der Waals surface area contributed by atoms with Crippen molar-refractivity contribution >= 4 is 22.7 Å². The van der Waals surface area contributed by atoms with Crippen LogP contribution in [0.2, 0.25) is 5.02 Å². The van der Waals surface area contributed by atoms with Gasteiger partial charge in [0.15, 0.2) is 11.1 Å². The molecule has 8 heteroatoms. The molecule has 0 saturated heterocycles. The van der Waals surface area contributed by atoms with E-state index in [1.54, 1.807) is 54.7 Å². The maximum absolute atomic E-state index is 13.4. The minimum absolute atomic E-state index is 0.0226. The zero-order chi connectivity index (χ0) is 22.0. The highest BCUT2D eigenvalue weighted by Gasteiger charge is 2.16. The van der Waals surface area contributed by atoms with Gasteiger partial charge in [-0.25, -0.2) is 8.60 Å². The van der Waals surface area contributed by atoms with Crippen molar-refractivity contribution in [3.05, 3.63) is 106 Å². The maximum Gasteiger partial charge on any atom is 0.279 e. The molecule has 156 valence electrons. The van der Waals surface area contributed by atoms with Crippen LogP contribution in [0, 0.1) is 5.82 Å². The number of nitrogens with zero attached hydrogens (tertiary/aromatic N) is 2. The monoisotopic (exact) mass is 454 g/mol. The molecule has 0 radical (unpaired) electrons. The molecule has 0 saturated carbocycles. The zero-order valence-electron chi connectivity index (χ0n) is 16.0. The molecule has 0 aliphatic rings. The quantitative estimate of drug-likeness (QED) is 0.427. The number of benzene rings is 3. The fourth-order valence-corrected chi connectivity index (χ4v) is 3.86. The fraction of sp³-hybridized carbons (Fsp3) is 0.0435. The van der Waals surface area contributed by atoms with Gasteiger partial charge in [0.2, 0.25) is 0 Å². The number of hydrogen-bond acceptors (Lipinski definition) is 3. The third-order valence-electron chi connectivity index (χ3n) is 4.74. The molecule has 0 spiro atoms. The van der Waals surface area contributed by atoms with Crippen LogP contribution in [-0.4, -0.2) is 18.5 Å². The fourth-order valence-electron chi connectivity index (χ4n) is 3.26. The van der Waals surface area contributed by atoms with Crippen molar-refractivity contribution in [1.82, 2.24) is 9.78 Å². The van der Waals surface area contributed by atoms with Gasteiger partial charge in [0, 0.05) is 10.6 Å². The van der Waals surface area contributed by atoms with Gasteiger partial charge >= 0.3 is 0 Å². The van der Waals surface area contributed by atoms with E-state index < -0.39 is 16.9 Å². The van der Waals surface area contributed by atoms with Crippen LogP contribution in [0.4, 0.5) is 4.39 Å². The molecule has 31 heavy (non-hydrogen) atoms. The summed E-state index contributed by atoms with van der Waals surface area (Å²) in [5.41, 5.74) is 3.17. The molecule has 0 bridgehead atoms. The molecule has 0 amide bonds. The molecular weight excluding hydrogens is 439 g/mol. The summed E-state index contributed by atoms with van der Waals surface area (Å²) in [5, 5.41) is 4.84. The molecule has 1 N–H and O–H groups in total. The smallest absolute Gasteiger partial charge is 0.279 e. The van der Waals surface area contributed by atoms with Crippen LogP contribution in [0.25, 0.3) is 27.9 Å². The molecule has 3 aromatic carbocycles. The number of halogens is 2. The molecule has 1 unspecified atom stereocenters. The first-order chi connectivity index (χ1) is 14.9. The van der Waals surface area contributed by atoms with Gasteiger partial charge in [-0.05, 0) is 53.1 Å². The van der Waals surface area contributed by atoms with Gasteiger partial charge in [0.05, 0.1) is 23.2 Å². The summed E-state index contributed by atoms with van der Waals surface area (Å²) in [7, 11) is 0. The van der Waals surface area contributed by atoms with Crippen LogP contribution in [0.15, 0.2) is 83.8 Å². The summed E-state index contributed by atoms with van der Waals surface area (Å²) in [5.74, 6) is -0.385. The Kier molecular flexibility index (Phi) is 6.08. The van der Waals surface area contributed by atoms with E-state index >= 15 is 0 Å². The first-order valence-corrected chi connectivity index (χ1v) is 10.9. The lowest BCUT2D eigenvalue weighted by atomic mass is 9.96. The van der Waals surface area contributed by atoms with Gasteiger partial charge in [-0.1, -0.05) is 48.0 Å². The first kappa shape index (κ1) is 21.1. The second kappa shape index (κ2) is 8.93. The minimum Gasteiger partial charge on any atom is -0.306 e. The molecule has 5 nitrogen and oxygen atoms in total. The molecule has 4 aromatic rings. The Balaban J connectivity index is 1.89. The van der Waals surface area contributed by atoms with Crippen LogP contribution in [0.3, 0.4) is 0 Å². The SMILES string of the molecule is O=c1c(-c2ccc(Cl)cc2)c(-c2ccc(CS(=O)O)cc2)cnn1-c1ccc(F)cc1. The normalized spacial score (nSPS) is 12.0. The van der Waals surface area contributed by atoms with E-state index in [1.165, 1.54) is 28.9 Å². The van der Waals surface area contributed by atoms with Gasteiger partial charge in [-0.15, -0.1) is 0 Å². The van der Waals surface area contributed by atoms with Gasteiger partial charge in [-0.2, -0.15) is 9.78 Å². The van der Waals surface area contributed by atoms with Crippen molar-refractivity contribution in [1.29, 1.82) is 0 Å². The molecule has 0 aliphatic heterocycles. The van der Waals surface area contributed by atoms with Gasteiger partial charge < -0.3 is 4.55 Å². The van der Waals surface area contributed by atoms with E-state index in [4.69, 9.17) is 16.2 Å². The van der Waals surface area contributed by atoms with Crippen LogP contribution < -0.4 is 5.56 Å². The molecular formula is C23H16ClFN2O3S. The van der Waals surface area contributed by atoms with Crippen LogP contribution in [0.5, 0.6) is 0 Å². The van der Waals surface area contributed by atoms with Gasteiger partial charge in [0.1, 0.15) is 5.82 Å².